The van der Waals surface area contributed by atoms with Crippen LogP contribution in [0.3, 0.4) is 0 Å². The number of alkyl halides is 3. The van der Waals surface area contributed by atoms with Crippen LogP contribution in [-0.2, 0) is 6.18 Å². The molecular weight excluding hydrogens is 343 g/mol. The standard InChI is InChI=1S/C19H20F3N3O/c20-19(21,22)15-5-7-16(8-6-15)24-18(26)14-11-17(13-23-12-14)25-9-3-1-2-4-10-25/h5-8,11-13H,1-4,9-10H2,(H,24,26). The molecule has 138 valence electrons. The maximum absolute atomic E-state index is 12.6. The molecule has 0 bridgehead atoms. The highest BCUT2D eigenvalue weighted by Crippen LogP contribution is 2.30. The minimum Gasteiger partial charge on any atom is -0.370 e. The van der Waals surface area contributed by atoms with Gasteiger partial charge in [0.2, 0.25) is 0 Å². The van der Waals surface area contributed by atoms with Crippen molar-refractivity contribution in [2.75, 3.05) is 23.3 Å². The fraction of sp³-hybridized carbons (Fsp3) is 0.368. The Kier molecular flexibility index (Phi) is 5.44. The van der Waals surface area contributed by atoms with E-state index in [4.69, 9.17) is 0 Å². The normalized spacial score (nSPS) is 15.4. The summed E-state index contributed by atoms with van der Waals surface area (Å²) in [6.45, 7) is 1.87. The molecule has 0 aliphatic carbocycles. The third-order valence-corrected chi connectivity index (χ3v) is 4.43. The van der Waals surface area contributed by atoms with Crippen molar-refractivity contribution in [2.24, 2.45) is 0 Å². The molecule has 2 aromatic rings. The predicted octanol–water partition coefficient (Wildman–Crippen LogP) is 4.73. The van der Waals surface area contributed by atoms with E-state index in [1.807, 2.05) is 0 Å². The SMILES string of the molecule is O=C(Nc1ccc(C(F)(F)F)cc1)c1cncc(N2CCCCCC2)c1. The molecule has 2 heterocycles. The number of hydrogen-bond donors (Lipinski definition) is 1. The molecule has 1 N–H and O–H groups in total. The Balaban J connectivity index is 1.70. The first-order valence-corrected chi connectivity index (χ1v) is 8.62. The summed E-state index contributed by atoms with van der Waals surface area (Å²) in [5.41, 5.74) is 0.835. The van der Waals surface area contributed by atoms with E-state index in [2.05, 4.69) is 15.2 Å². The molecule has 0 unspecified atom stereocenters. The molecule has 0 spiro atoms. The molecule has 1 aromatic carbocycles. The Labute approximate surface area is 150 Å². The van der Waals surface area contributed by atoms with E-state index in [1.54, 1.807) is 12.3 Å². The Morgan fingerprint density at radius 2 is 1.65 bits per heavy atom. The van der Waals surface area contributed by atoms with Crippen LogP contribution >= 0.6 is 0 Å². The van der Waals surface area contributed by atoms with Crippen molar-refractivity contribution < 1.29 is 18.0 Å². The Morgan fingerprint density at radius 1 is 1.00 bits per heavy atom. The number of hydrogen-bond acceptors (Lipinski definition) is 3. The van der Waals surface area contributed by atoms with Gasteiger partial charge in [-0.1, -0.05) is 12.8 Å². The van der Waals surface area contributed by atoms with Crippen molar-refractivity contribution in [3.8, 4) is 0 Å². The maximum atomic E-state index is 12.6. The second-order valence-corrected chi connectivity index (χ2v) is 6.36. The summed E-state index contributed by atoms with van der Waals surface area (Å²) in [5, 5.41) is 2.61. The van der Waals surface area contributed by atoms with Crippen LogP contribution in [0.15, 0.2) is 42.7 Å². The summed E-state index contributed by atoms with van der Waals surface area (Å²) >= 11 is 0. The van der Waals surface area contributed by atoms with E-state index in [9.17, 15) is 18.0 Å². The zero-order valence-corrected chi connectivity index (χ0v) is 14.2. The van der Waals surface area contributed by atoms with Crippen molar-refractivity contribution in [2.45, 2.75) is 31.9 Å². The van der Waals surface area contributed by atoms with Crippen LogP contribution in [0.1, 0.15) is 41.6 Å². The first kappa shape index (κ1) is 18.2. The molecule has 3 rings (SSSR count). The third kappa shape index (κ3) is 4.53. The largest absolute Gasteiger partial charge is 0.416 e. The number of carbonyl (C=O) groups is 1. The molecule has 26 heavy (non-hydrogen) atoms. The van der Waals surface area contributed by atoms with Crippen molar-refractivity contribution in [1.82, 2.24) is 4.98 Å². The van der Waals surface area contributed by atoms with Gasteiger partial charge in [0.05, 0.1) is 23.0 Å². The van der Waals surface area contributed by atoms with E-state index < -0.39 is 17.6 Å². The second kappa shape index (κ2) is 7.76. The lowest BCUT2D eigenvalue weighted by Gasteiger charge is -2.22. The van der Waals surface area contributed by atoms with Gasteiger partial charge in [-0.25, -0.2) is 0 Å². The zero-order valence-electron chi connectivity index (χ0n) is 14.2. The first-order chi connectivity index (χ1) is 12.4. The number of rotatable bonds is 3. The number of benzene rings is 1. The van der Waals surface area contributed by atoms with Gasteiger partial charge in [-0.2, -0.15) is 13.2 Å². The monoisotopic (exact) mass is 363 g/mol. The molecule has 1 aromatic heterocycles. The molecule has 0 atom stereocenters. The van der Waals surface area contributed by atoms with Gasteiger partial charge in [-0.15, -0.1) is 0 Å². The topological polar surface area (TPSA) is 45.2 Å². The summed E-state index contributed by atoms with van der Waals surface area (Å²) in [5.74, 6) is -0.395. The highest BCUT2D eigenvalue weighted by Gasteiger charge is 2.30. The lowest BCUT2D eigenvalue weighted by molar-refractivity contribution is -0.137. The summed E-state index contributed by atoms with van der Waals surface area (Å²) in [6, 6.07) is 6.15. The molecule has 1 aliphatic rings. The number of nitrogens with one attached hydrogen (secondary N) is 1. The number of amides is 1. The van der Waals surface area contributed by atoms with Crippen molar-refractivity contribution in [1.29, 1.82) is 0 Å². The van der Waals surface area contributed by atoms with Crippen LogP contribution < -0.4 is 10.2 Å². The molecule has 7 heteroatoms. The van der Waals surface area contributed by atoms with E-state index in [1.165, 1.54) is 31.2 Å². The Morgan fingerprint density at radius 3 is 2.27 bits per heavy atom. The van der Waals surface area contributed by atoms with Gasteiger partial charge < -0.3 is 10.2 Å². The predicted molar refractivity (Wildman–Crippen MR) is 94.3 cm³/mol. The minimum atomic E-state index is -4.39. The van der Waals surface area contributed by atoms with Gasteiger partial charge in [0.25, 0.3) is 5.91 Å². The molecule has 0 radical (unpaired) electrons. The lowest BCUT2D eigenvalue weighted by Crippen LogP contribution is -2.24. The van der Waals surface area contributed by atoms with Gasteiger partial charge in [0.15, 0.2) is 0 Å². The molecule has 1 fully saturated rings. The lowest BCUT2D eigenvalue weighted by atomic mass is 10.2. The molecule has 4 nitrogen and oxygen atoms in total. The second-order valence-electron chi connectivity index (χ2n) is 6.36. The molecule has 1 saturated heterocycles. The molecule has 0 saturated carbocycles. The Bertz CT molecular complexity index is 751. The minimum absolute atomic E-state index is 0.308. The highest BCUT2D eigenvalue weighted by atomic mass is 19.4. The van der Waals surface area contributed by atoms with Gasteiger partial charge >= 0.3 is 6.18 Å². The van der Waals surface area contributed by atoms with Crippen LogP contribution in [0.5, 0.6) is 0 Å². The van der Waals surface area contributed by atoms with Crippen LogP contribution in [0.2, 0.25) is 0 Å². The molecule has 1 aliphatic heterocycles. The van der Waals surface area contributed by atoms with Crippen LogP contribution in [0.4, 0.5) is 24.5 Å². The summed E-state index contributed by atoms with van der Waals surface area (Å²) in [6.07, 6.45) is 3.44. The number of pyridine rings is 1. The van der Waals surface area contributed by atoms with E-state index in [0.717, 1.165) is 43.8 Å². The van der Waals surface area contributed by atoms with Crippen molar-refractivity contribution in [3.05, 3.63) is 53.9 Å². The summed E-state index contributed by atoms with van der Waals surface area (Å²) in [4.78, 5) is 18.8. The smallest absolute Gasteiger partial charge is 0.370 e. The van der Waals surface area contributed by atoms with E-state index >= 15 is 0 Å². The first-order valence-electron chi connectivity index (χ1n) is 8.62. The van der Waals surface area contributed by atoms with Gasteiger partial charge in [-0.05, 0) is 43.2 Å². The Hall–Kier alpha value is -2.57. The van der Waals surface area contributed by atoms with E-state index in [0.29, 0.717) is 11.3 Å². The molecule has 1 amide bonds. The van der Waals surface area contributed by atoms with Crippen LogP contribution in [-0.4, -0.2) is 24.0 Å². The van der Waals surface area contributed by atoms with Gasteiger partial charge in [0.1, 0.15) is 0 Å². The quantitative estimate of drug-likeness (QED) is 0.857. The summed E-state index contributed by atoms with van der Waals surface area (Å²) in [7, 11) is 0. The van der Waals surface area contributed by atoms with E-state index in [-0.39, 0.29) is 0 Å². The third-order valence-electron chi connectivity index (χ3n) is 4.43. The fourth-order valence-electron chi connectivity index (χ4n) is 3.00. The number of carbonyl (C=O) groups excluding carboxylic acids is 1. The number of halogens is 3. The molecular formula is C19H20F3N3O. The average Bonchev–Trinajstić information content (AvgIpc) is 2.91. The number of aromatic nitrogens is 1. The zero-order chi connectivity index (χ0) is 18.6. The fourth-order valence-corrected chi connectivity index (χ4v) is 3.00. The van der Waals surface area contributed by atoms with Gasteiger partial charge in [0, 0.05) is 25.0 Å². The summed E-state index contributed by atoms with van der Waals surface area (Å²) < 4.78 is 37.8. The maximum Gasteiger partial charge on any atom is 0.416 e. The average molecular weight is 363 g/mol. The van der Waals surface area contributed by atoms with Gasteiger partial charge in [-0.3, -0.25) is 9.78 Å². The number of anilines is 2. The highest BCUT2D eigenvalue weighted by molar-refractivity contribution is 6.04. The van der Waals surface area contributed by atoms with Crippen molar-refractivity contribution >= 4 is 17.3 Å². The number of nitrogens with zero attached hydrogens (tertiary/aromatic N) is 2. The van der Waals surface area contributed by atoms with Crippen LogP contribution in [0.25, 0.3) is 0 Å². The van der Waals surface area contributed by atoms with Crippen LogP contribution in [0, 0.1) is 0 Å². The van der Waals surface area contributed by atoms with Crippen molar-refractivity contribution in [3.63, 3.8) is 0 Å².